The Balaban J connectivity index is 1.61. The van der Waals surface area contributed by atoms with Gasteiger partial charge in [-0.1, -0.05) is 60.7 Å². The van der Waals surface area contributed by atoms with E-state index in [1.54, 1.807) is 6.08 Å². The molecule has 1 aliphatic rings. The molecule has 0 aliphatic carbocycles. The van der Waals surface area contributed by atoms with Crippen LogP contribution < -0.4 is 4.72 Å². The van der Waals surface area contributed by atoms with Gasteiger partial charge in [-0.2, -0.15) is 5.10 Å². The minimum atomic E-state index is -3.68. The van der Waals surface area contributed by atoms with Crippen LogP contribution in [0.25, 0.3) is 6.08 Å². The van der Waals surface area contributed by atoms with Crippen molar-refractivity contribution in [2.24, 2.45) is 0 Å². The summed E-state index contributed by atoms with van der Waals surface area (Å²) in [6.45, 7) is 2.33. The van der Waals surface area contributed by atoms with Gasteiger partial charge in [0.1, 0.15) is 11.5 Å². The van der Waals surface area contributed by atoms with Gasteiger partial charge in [-0.3, -0.25) is 4.68 Å². The molecule has 2 heterocycles. The highest BCUT2D eigenvalue weighted by Gasteiger charge is 2.26. The number of aromatic nitrogens is 2. The topological polar surface area (TPSA) is 87.0 Å². The van der Waals surface area contributed by atoms with Gasteiger partial charge in [-0.15, -0.1) is 0 Å². The fraction of sp³-hybridized carbons (Fsp3) is 0.261. The Morgan fingerprint density at radius 2 is 1.84 bits per heavy atom. The number of hydrogen-bond donors (Lipinski definition) is 1. The molecular weight excluding hydrogens is 430 g/mol. The summed E-state index contributed by atoms with van der Waals surface area (Å²) in [6, 6.07) is 19.0. The average molecular weight is 456 g/mol. The third-order valence-electron chi connectivity index (χ3n) is 5.27. The molecule has 6 nitrogen and oxygen atoms in total. The maximum absolute atomic E-state index is 12.7. The maximum Gasteiger partial charge on any atom is 0.234 e. The Labute approximate surface area is 186 Å². The summed E-state index contributed by atoms with van der Waals surface area (Å²) < 4.78 is 42.1. The predicted molar refractivity (Wildman–Crippen MR) is 124 cm³/mol. The molecule has 8 heteroatoms. The van der Waals surface area contributed by atoms with Crippen molar-refractivity contribution in [3.05, 3.63) is 94.1 Å². The van der Waals surface area contributed by atoms with Gasteiger partial charge in [-0.25, -0.2) is 13.1 Å². The summed E-state index contributed by atoms with van der Waals surface area (Å²) in [5, 5.41) is 5.89. The van der Waals surface area contributed by atoms with Crippen LogP contribution in [0.3, 0.4) is 0 Å². The number of hydrogen-bond acceptors (Lipinski definition) is 4. The molecule has 3 aromatic rings. The average Bonchev–Trinajstić information content (AvgIpc) is 3.09. The van der Waals surface area contributed by atoms with Crippen LogP contribution in [0.1, 0.15) is 41.0 Å². The molecule has 0 saturated heterocycles. The van der Waals surface area contributed by atoms with E-state index in [4.69, 9.17) is 5.10 Å². The molecule has 162 valence electrons. The zero-order chi connectivity index (χ0) is 21.8. The highest BCUT2D eigenvalue weighted by Crippen LogP contribution is 2.26. The van der Waals surface area contributed by atoms with Gasteiger partial charge in [0, 0.05) is 23.4 Å². The van der Waals surface area contributed by atoms with Crippen LogP contribution in [0, 0.1) is 0 Å². The lowest BCUT2D eigenvalue weighted by Gasteiger charge is -2.16. The van der Waals surface area contributed by atoms with Crippen molar-refractivity contribution in [2.75, 3.05) is 5.75 Å². The third kappa shape index (κ3) is 5.46. The SMILES string of the molecule is C[C@H](NS(=O)(=O)/C=C/c1c2c(nn1Cc1ccccc1)CC[S+]([O-])C2)c1ccccc1. The van der Waals surface area contributed by atoms with E-state index in [0.29, 0.717) is 30.2 Å². The molecule has 1 N–H and O–H groups in total. The lowest BCUT2D eigenvalue weighted by Crippen LogP contribution is -2.24. The van der Waals surface area contributed by atoms with Gasteiger partial charge < -0.3 is 4.55 Å². The van der Waals surface area contributed by atoms with Crippen LogP contribution >= 0.6 is 0 Å². The number of sulfonamides is 1. The molecule has 2 atom stereocenters. The molecule has 0 spiro atoms. The van der Waals surface area contributed by atoms with Crippen LogP contribution in [0.4, 0.5) is 0 Å². The van der Waals surface area contributed by atoms with Crippen molar-refractivity contribution in [1.82, 2.24) is 14.5 Å². The van der Waals surface area contributed by atoms with Gasteiger partial charge in [0.25, 0.3) is 0 Å². The van der Waals surface area contributed by atoms with E-state index in [0.717, 1.165) is 22.4 Å². The van der Waals surface area contributed by atoms with Crippen LogP contribution in [0.15, 0.2) is 66.1 Å². The third-order valence-corrected chi connectivity index (χ3v) is 7.72. The minimum absolute atomic E-state index is 0.355. The monoisotopic (exact) mass is 455 g/mol. The van der Waals surface area contributed by atoms with Crippen LogP contribution in [-0.4, -0.2) is 28.5 Å². The van der Waals surface area contributed by atoms with E-state index in [-0.39, 0.29) is 6.04 Å². The van der Waals surface area contributed by atoms with E-state index in [1.165, 1.54) is 5.41 Å². The van der Waals surface area contributed by atoms with Gasteiger partial charge >= 0.3 is 0 Å². The summed E-state index contributed by atoms with van der Waals surface area (Å²) in [5.74, 6) is 0.991. The minimum Gasteiger partial charge on any atom is -0.616 e. The van der Waals surface area contributed by atoms with Crippen molar-refractivity contribution in [3.63, 3.8) is 0 Å². The smallest absolute Gasteiger partial charge is 0.234 e. The number of fused-ring (bicyclic) bond motifs is 1. The standard InChI is InChI=1S/C23H25N3O3S2/c1-18(20-10-6-3-7-11-20)25-31(28,29)15-13-23-21-17-30(27)14-12-22(21)24-26(23)16-19-8-4-2-5-9-19/h2-11,13,15,18,25H,12,14,16-17H2,1H3/b15-13+/t18-,30?/m0/s1. The largest absolute Gasteiger partial charge is 0.616 e. The molecule has 0 saturated carbocycles. The van der Waals surface area contributed by atoms with Crippen molar-refractivity contribution in [2.45, 2.75) is 31.7 Å². The Morgan fingerprint density at radius 1 is 1.16 bits per heavy atom. The molecule has 1 aromatic heterocycles. The fourth-order valence-electron chi connectivity index (χ4n) is 3.68. The Morgan fingerprint density at radius 3 is 2.55 bits per heavy atom. The number of aryl methyl sites for hydroxylation is 1. The Hall–Kier alpha value is -2.39. The highest BCUT2D eigenvalue weighted by molar-refractivity contribution is 7.92. The maximum atomic E-state index is 12.7. The molecule has 1 unspecified atom stereocenters. The van der Waals surface area contributed by atoms with Gasteiger partial charge in [0.05, 0.1) is 17.9 Å². The second kappa shape index (κ2) is 9.40. The van der Waals surface area contributed by atoms with E-state index in [9.17, 15) is 13.0 Å². The highest BCUT2D eigenvalue weighted by atomic mass is 32.2. The zero-order valence-corrected chi connectivity index (χ0v) is 18.9. The lowest BCUT2D eigenvalue weighted by molar-refractivity contribution is 0.576. The second-order valence-corrected chi connectivity index (χ2v) is 10.8. The van der Waals surface area contributed by atoms with Crippen molar-refractivity contribution in [3.8, 4) is 0 Å². The van der Waals surface area contributed by atoms with Gasteiger partial charge in [0.2, 0.25) is 10.0 Å². The summed E-state index contributed by atoms with van der Waals surface area (Å²) in [4.78, 5) is 0. The quantitative estimate of drug-likeness (QED) is 0.553. The van der Waals surface area contributed by atoms with Crippen LogP contribution in [0.5, 0.6) is 0 Å². The number of nitrogens with one attached hydrogen (secondary N) is 1. The predicted octanol–water partition coefficient (Wildman–Crippen LogP) is 3.39. The fourth-order valence-corrected chi connectivity index (χ4v) is 5.90. The first kappa shape index (κ1) is 21.8. The van der Waals surface area contributed by atoms with Gasteiger partial charge in [0.15, 0.2) is 0 Å². The first-order valence-corrected chi connectivity index (χ1v) is 13.2. The van der Waals surface area contributed by atoms with Crippen LogP contribution in [0.2, 0.25) is 0 Å². The number of rotatable bonds is 7. The molecule has 4 rings (SSSR count). The Kier molecular flexibility index (Phi) is 6.62. The van der Waals surface area contributed by atoms with E-state index in [2.05, 4.69) is 4.72 Å². The Bertz CT molecular complexity index is 1160. The van der Waals surface area contributed by atoms with E-state index >= 15 is 0 Å². The first-order chi connectivity index (χ1) is 14.9. The zero-order valence-electron chi connectivity index (χ0n) is 17.3. The number of benzene rings is 2. The summed E-state index contributed by atoms with van der Waals surface area (Å²) in [5.41, 5.74) is 4.43. The number of nitrogens with zero attached hydrogens (tertiary/aromatic N) is 2. The molecule has 0 radical (unpaired) electrons. The van der Waals surface area contributed by atoms with Crippen molar-refractivity contribution < 1.29 is 13.0 Å². The van der Waals surface area contributed by atoms with Crippen molar-refractivity contribution >= 4 is 27.3 Å². The van der Waals surface area contributed by atoms with E-state index < -0.39 is 21.2 Å². The molecular formula is C23H25N3O3S2. The van der Waals surface area contributed by atoms with Crippen LogP contribution in [-0.2, 0) is 39.9 Å². The summed E-state index contributed by atoms with van der Waals surface area (Å²) in [6.07, 6.45) is 2.22. The molecule has 0 fully saturated rings. The molecule has 1 aliphatic heterocycles. The second-order valence-electron chi connectivity index (χ2n) is 7.59. The normalized spacial score (nSPS) is 17.5. The lowest BCUT2D eigenvalue weighted by atomic mass is 10.1. The van der Waals surface area contributed by atoms with E-state index in [1.807, 2.05) is 72.3 Å². The summed E-state index contributed by atoms with van der Waals surface area (Å²) >= 11 is -0.956. The molecule has 0 amide bonds. The van der Waals surface area contributed by atoms with Crippen molar-refractivity contribution in [1.29, 1.82) is 0 Å². The molecule has 2 aromatic carbocycles. The molecule has 31 heavy (non-hydrogen) atoms. The summed E-state index contributed by atoms with van der Waals surface area (Å²) in [7, 11) is -3.68. The molecule has 0 bridgehead atoms. The first-order valence-electron chi connectivity index (χ1n) is 10.1. The van der Waals surface area contributed by atoms with Gasteiger partial charge in [-0.05, 0) is 35.3 Å².